The zero-order valence-corrected chi connectivity index (χ0v) is 11.3. The van der Waals surface area contributed by atoms with Gasteiger partial charge in [-0.05, 0) is 58.7 Å². The Morgan fingerprint density at radius 1 is 1.06 bits per heavy atom. The first-order chi connectivity index (χ1) is 8.08. The van der Waals surface area contributed by atoms with Crippen LogP contribution in [0.25, 0.3) is 0 Å². The van der Waals surface area contributed by atoms with Crippen molar-refractivity contribution in [3.8, 4) is 0 Å². The van der Waals surface area contributed by atoms with Crippen LogP contribution < -0.4 is 4.90 Å². The van der Waals surface area contributed by atoms with E-state index in [1.807, 2.05) is 43.1 Å². The van der Waals surface area contributed by atoms with Gasteiger partial charge in [-0.3, -0.25) is 0 Å². The first kappa shape index (κ1) is 12.1. The summed E-state index contributed by atoms with van der Waals surface area (Å²) >= 11 is 3.15. The van der Waals surface area contributed by atoms with Crippen molar-refractivity contribution >= 4 is 27.3 Å². The van der Waals surface area contributed by atoms with E-state index < -0.39 is 0 Å². The minimum Gasteiger partial charge on any atom is -0.345 e. The lowest BCUT2D eigenvalue weighted by molar-refractivity contribution is 0.621. The van der Waals surface area contributed by atoms with Gasteiger partial charge in [0.15, 0.2) is 0 Å². The molecule has 0 saturated carbocycles. The first-order valence-corrected chi connectivity index (χ1v) is 6.12. The fourth-order valence-electron chi connectivity index (χ4n) is 1.68. The van der Waals surface area contributed by atoms with Crippen molar-refractivity contribution in [2.75, 3.05) is 11.9 Å². The molecule has 0 fully saturated rings. The SMILES string of the molecule is Cc1cccc(N(C)c2ccc(Br)c(F)c2)c1. The van der Waals surface area contributed by atoms with Gasteiger partial charge in [0, 0.05) is 18.4 Å². The fraction of sp³-hybridized carbons (Fsp3) is 0.143. The molecule has 0 atom stereocenters. The van der Waals surface area contributed by atoms with Crippen LogP contribution in [0, 0.1) is 12.7 Å². The molecular weight excluding hydrogens is 281 g/mol. The zero-order chi connectivity index (χ0) is 12.4. The Kier molecular flexibility index (Phi) is 3.48. The lowest BCUT2D eigenvalue weighted by Crippen LogP contribution is -2.09. The number of benzene rings is 2. The summed E-state index contributed by atoms with van der Waals surface area (Å²) in [7, 11) is 1.93. The van der Waals surface area contributed by atoms with Gasteiger partial charge in [-0.25, -0.2) is 4.39 Å². The molecule has 0 aliphatic heterocycles. The Morgan fingerprint density at radius 3 is 2.41 bits per heavy atom. The standard InChI is InChI=1S/C14H13BrFN/c1-10-4-3-5-11(8-10)17(2)12-6-7-13(15)14(16)9-12/h3-9H,1-2H3. The smallest absolute Gasteiger partial charge is 0.139 e. The van der Waals surface area contributed by atoms with Gasteiger partial charge >= 0.3 is 0 Å². The molecule has 0 aliphatic carbocycles. The Labute approximate surface area is 109 Å². The molecule has 17 heavy (non-hydrogen) atoms. The van der Waals surface area contributed by atoms with Crippen molar-refractivity contribution in [2.24, 2.45) is 0 Å². The highest BCUT2D eigenvalue weighted by Crippen LogP contribution is 2.27. The second-order valence-corrected chi connectivity index (χ2v) is 4.85. The third-order valence-electron chi connectivity index (χ3n) is 2.68. The van der Waals surface area contributed by atoms with E-state index >= 15 is 0 Å². The minimum absolute atomic E-state index is 0.248. The van der Waals surface area contributed by atoms with Gasteiger partial charge in [0.05, 0.1) is 4.47 Å². The van der Waals surface area contributed by atoms with Crippen molar-refractivity contribution in [3.63, 3.8) is 0 Å². The maximum atomic E-state index is 13.5. The molecule has 2 aromatic carbocycles. The predicted molar refractivity (Wildman–Crippen MR) is 73.3 cm³/mol. The number of hydrogen-bond donors (Lipinski definition) is 0. The Morgan fingerprint density at radius 2 is 1.76 bits per heavy atom. The van der Waals surface area contributed by atoms with Gasteiger partial charge in [0.1, 0.15) is 5.82 Å². The highest BCUT2D eigenvalue weighted by atomic mass is 79.9. The topological polar surface area (TPSA) is 3.24 Å². The van der Waals surface area contributed by atoms with E-state index in [0.717, 1.165) is 11.4 Å². The van der Waals surface area contributed by atoms with Gasteiger partial charge in [-0.15, -0.1) is 0 Å². The lowest BCUT2D eigenvalue weighted by atomic mass is 10.2. The molecular formula is C14H13BrFN. The Bertz CT molecular complexity index is 539. The van der Waals surface area contributed by atoms with Crippen molar-refractivity contribution in [1.82, 2.24) is 0 Å². The van der Waals surface area contributed by atoms with Crippen molar-refractivity contribution in [3.05, 3.63) is 58.3 Å². The minimum atomic E-state index is -0.248. The van der Waals surface area contributed by atoms with Gasteiger partial charge in [-0.1, -0.05) is 12.1 Å². The van der Waals surface area contributed by atoms with E-state index in [9.17, 15) is 4.39 Å². The second-order valence-electron chi connectivity index (χ2n) is 4.00. The van der Waals surface area contributed by atoms with Gasteiger partial charge in [-0.2, -0.15) is 0 Å². The van der Waals surface area contributed by atoms with E-state index in [1.54, 1.807) is 6.07 Å². The molecule has 0 saturated heterocycles. The summed E-state index contributed by atoms with van der Waals surface area (Å²) in [6.45, 7) is 2.04. The molecule has 0 bridgehead atoms. The summed E-state index contributed by atoms with van der Waals surface area (Å²) in [5.74, 6) is -0.248. The van der Waals surface area contributed by atoms with Crippen LogP contribution in [-0.2, 0) is 0 Å². The number of halogens is 2. The molecule has 0 spiro atoms. The van der Waals surface area contributed by atoms with Crippen molar-refractivity contribution in [1.29, 1.82) is 0 Å². The molecule has 88 valence electrons. The number of nitrogens with zero attached hydrogens (tertiary/aromatic N) is 1. The van der Waals surface area contributed by atoms with Gasteiger partial charge in [0.2, 0.25) is 0 Å². The third kappa shape index (κ3) is 2.67. The predicted octanol–water partition coefficient (Wildman–Crippen LogP) is 4.66. The summed E-state index contributed by atoms with van der Waals surface area (Å²) < 4.78 is 13.9. The van der Waals surface area contributed by atoms with Gasteiger partial charge < -0.3 is 4.90 Å². The Balaban J connectivity index is 2.36. The molecule has 0 N–H and O–H groups in total. The number of aryl methyl sites for hydroxylation is 1. The van der Waals surface area contributed by atoms with Crippen molar-refractivity contribution < 1.29 is 4.39 Å². The highest BCUT2D eigenvalue weighted by Gasteiger charge is 2.06. The van der Waals surface area contributed by atoms with Crippen LogP contribution in [-0.4, -0.2) is 7.05 Å². The van der Waals surface area contributed by atoms with Crippen LogP contribution in [0.5, 0.6) is 0 Å². The van der Waals surface area contributed by atoms with Crippen LogP contribution in [0.3, 0.4) is 0 Å². The summed E-state index contributed by atoms with van der Waals surface area (Å²) in [5, 5.41) is 0. The molecule has 0 aliphatic rings. The second kappa shape index (κ2) is 4.88. The van der Waals surface area contributed by atoms with Gasteiger partial charge in [0.25, 0.3) is 0 Å². The van der Waals surface area contributed by atoms with Crippen LogP contribution >= 0.6 is 15.9 Å². The van der Waals surface area contributed by atoms with E-state index in [2.05, 4.69) is 22.0 Å². The molecule has 0 radical (unpaired) electrons. The molecule has 0 unspecified atom stereocenters. The van der Waals surface area contributed by atoms with Crippen LogP contribution in [0.1, 0.15) is 5.56 Å². The molecule has 2 aromatic rings. The fourth-order valence-corrected chi connectivity index (χ4v) is 1.93. The largest absolute Gasteiger partial charge is 0.345 e. The summed E-state index contributed by atoms with van der Waals surface area (Å²) in [6, 6.07) is 13.2. The van der Waals surface area contributed by atoms with E-state index in [4.69, 9.17) is 0 Å². The number of rotatable bonds is 2. The van der Waals surface area contributed by atoms with Crippen LogP contribution in [0.15, 0.2) is 46.9 Å². The summed E-state index contributed by atoms with van der Waals surface area (Å²) in [4.78, 5) is 1.96. The zero-order valence-electron chi connectivity index (χ0n) is 9.74. The molecule has 3 heteroatoms. The maximum Gasteiger partial charge on any atom is 0.139 e. The average molecular weight is 294 g/mol. The number of anilines is 2. The Hall–Kier alpha value is -1.35. The average Bonchev–Trinajstić information content (AvgIpc) is 2.32. The third-order valence-corrected chi connectivity index (χ3v) is 3.32. The van der Waals surface area contributed by atoms with E-state index in [1.165, 1.54) is 11.6 Å². The van der Waals surface area contributed by atoms with E-state index in [0.29, 0.717) is 4.47 Å². The normalized spacial score (nSPS) is 10.4. The quantitative estimate of drug-likeness (QED) is 0.778. The summed E-state index contributed by atoms with van der Waals surface area (Å²) in [5.41, 5.74) is 3.06. The molecule has 0 amide bonds. The monoisotopic (exact) mass is 293 g/mol. The van der Waals surface area contributed by atoms with Crippen LogP contribution in [0.4, 0.5) is 15.8 Å². The number of hydrogen-bond acceptors (Lipinski definition) is 1. The molecule has 0 heterocycles. The van der Waals surface area contributed by atoms with Crippen LogP contribution in [0.2, 0.25) is 0 Å². The molecule has 2 rings (SSSR count). The molecule has 0 aromatic heterocycles. The maximum absolute atomic E-state index is 13.5. The first-order valence-electron chi connectivity index (χ1n) is 5.33. The highest BCUT2D eigenvalue weighted by molar-refractivity contribution is 9.10. The lowest BCUT2D eigenvalue weighted by Gasteiger charge is -2.20. The van der Waals surface area contributed by atoms with E-state index in [-0.39, 0.29) is 5.82 Å². The summed E-state index contributed by atoms with van der Waals surface area (Å²) in [6.07, 6.45) is 0. The molecule has 1 nitrogen and oxygen atoms in total. The van der Waals surface area contributed by atoms with Crippen molar-refractivity contribution in [2.45, 2.75) is 6.92 Å².